The summed E-state index contributed by atoms with van der Waals surface area (Å²) in [4.78, 5) is 2.44. The van der Waals surface area contributed by atoms with E-state index in [0.717, 1.165) is 28.3 Å². The van der Waals surface area contributed by atoms with E-state index in [-0.39, 0.29) is 0 Å². The Bertz CT molecular complexity index is 3670. The van der Waals surface area contributed by atoms with Gasteiger partial charge >= 0.3 is 0 Å². The molecule has 0 spiro atoms. The Hall–Kier alpha value is -8.98. The first-order chi connectivity index (χ1) is 33.7. The van der Waals surface area contributed by atoms with Gasteiger partial charge in [0.25, 0.3) is 0 Å². The Kier molecular flexibility index (Phi) is 10.6. The number of aromatic nitrogens is 1. The van der Waals surface area contributed by atoms with Crippen LogP contribution in [0.25, 0.3) is 94.3 Å². The Labute approximate surface area is 397 Å². The van der Waals surface area contributed by atoms with Gasteiger partial charge in [-0.2, -0.15) is 0 Å². The maximum Gasteiger partial charge on any atom is 0.0547 e. The first-order valence-electron chi connectivity index (χ1n) is 23.3. The molecule has 0 atom stereocenters. The minimum Gasteiger partial charge on any atom is -0.310 e. The molecule has 12 aromatic rings. The molecule has 0 unspecified atom stereocenters. The van der Waals surface area contributed by atoms with Gasteiger partial charge in [-0.1, -0.05) is 224 Å². The van der Waals surface area contributed by atoms with E-state index in [4.69, 9.17) is 0 Å². The fourth-order valence-corrected chi connectivity index (χ4v) is 9.96. The van der Waals surface area contributed by atoms with Crippen LogP contribution in [-0.4, -0.2) is 4.57 Å². The highest BCUT2D eigenvalue weighted by atomic mass is 15.1. The lowest BCUT2D eigenvalue weighted by molar-refractivity contribution is 1.18. The van der Waals surface area contributed by atoms with Crippen LogP contribution in [-0.2, 0) is 0 Å². The van der Waals surface area contributed by atoms with Crippen molar-refractivity contribution in [2.45, 2.75) is 0 Å². The summed E-state index contributed by atoms with van der Waals surface area (Å²) in [6.45, 7) is 0. The fraction of sp³-hybridized carbons (Fsp3) is 0. The second-order valence-corrected chi connectivity index (χ2v) is 17.3. The summed E-state index contributed by atoms with van der Waals surface area (Å²) >= 11 is 0. The van der Waals surface area contributed by atoms with Crippen molar-refractivity contribution in [2.75, 3.05) is 4.90 Å². The summed E-state index contributed by atoms with van der Waals surface area (Å²) in [5.74, 6) is 0. The van der Waals surface area contributed by atoms with Gasteiger partial charge in [0.1, 0.15) is 0 Å². The van der Waals surface area contributed by atoms with Crippen LogP contribution < -0.4 is 4.90 Å². The third-order valence-electron chi connectivity index (χ3n) is 13.2. The molecule has 320 valence electrons. The number of fused-ring (bicyclic) bond motifs is 3. The molecule has 0 bridgehead atoms. The van der Waals surface area contributed by atoms with Gasteiger partial charge in [0, 0.05) is 33.4 Å². The van der Waals surface area contributed by atoms with Crippen LogP contribution in [0.4, 0.5) is 17.1 Å². The third kappa shape index (κ3) is 7.54. The van der Waals surface area contributed by atoms with Crippen molar-refractivity contribution in [2.24, 2.45) is 0 Å². The average molecular weight is 867 g/mol. The van der Waals surface area contributed by atoms with Crippen molar-refractivity contribution in [3.05, 3.63) is 279 Å². The van der Waals surface area contributed by atoms with Gasteiger partial charge in [0.15, 0.2) is 0 Å². The van der Waals surface area contributed by atoms with Gasteiger partial charge in [-0.3, -0.25) is 0 Å². The number of benzene rings is 11. The van der Waals surface area contributed by atoms with Crippen molar-refractivity contribution in [1.29, 1.82) is 0 Å². The van der Waals surface area contributed by atoms with Crippen LogP contribution in [0.5, 0.6) is 0 Å². The van der Waals surface area contributed by atoms with E-state index < -0.39 is 0 Å². The standard InChI is InChI=1S/C66H46N2/c1-5-18-47(19-6-1)48-32-34-49(35-33-48)50-36-41-56(42-37-50)67(64-31-17-29-59(53-22-9-3-10-23-53)66(64)62-28-14-13-26-58(62)52-20-7-2-8-21-52)57-43-38-51(39-44-57)54-40-45-61-60-27-15-16-30-63(60)68(65(61)46-54)55-24-11-4-12-25-55/h1-46H. The molecule has 1 aromatic heterocycles. The molecule has 0 saturated heterocycles. The first kappa shape index (κ1) is 40.5. The zero-order valence-electron chi connectivity index (χ0n) is 37.5. The highest BCUT2D eigenvalue weighted by molar-refractivity contribution is 6.10. The first-order valence-corrected chi connectivity index (χ1v) is 23.3. The minimum atomic E-state index is 1.07. The number of nitrogens with zero attached hydrogens (tertiary/aromatic N) is 2. The van der Waals surface area contributed by atoms with E-state index in [9.17, 15) is 0 Å². The molecule has 68 heavy (non-hydrogen) atoms. The van der Waals surface area contributed by atoms with Crippen LogP contribution in [0.15, 0.2) is 279 Å². The highest BCUT2D eigenvalue weighted by Crippen LogP contribution is 2.48. The Morgan fingerprint density at radius 3 is 1.26 bits per heavy atom. The maximum atomic E-state index is 2.44. The van der Waals surface area contributed by atoms with Crippen LogP contribution in [0.2, 0.25) is 0 Å². The van der Waals surface area contributed by atoms with Crippen LogP contribution in [0, 0.1) is 0 Å². The topological polar surface area (TPSA) is 8.17 Å². The molecule has 0 aliphatic carbocycles. The highest BCUT2D eigenvalue weighted by Gasteiger charge is 2.23. The van der Waals surface area contributed by atoms with Crippen LogP contribution >= 0.6 is 0 Å². The number of anilines is 3. The van der Waals surface area contributed by atoms with E-state index in [2.05, 4.69) is 289 Å². The largest absolute Gasteiger partial charge is 0.310 e. The number of para-hydroxylation sites is 2. The maximum absolute atomic E-state index is 2.44. The Morgan fingerprint density at radius 1 is 0.250 bits per heavy atom. The van der Waals surface area contributed by atoms with Gasteiger partial charge in [0.05, 0.1) is 16.7 Å². The third-order valence-corrected chi connectivity index (χ3v) is 13.2. The van der Waals surface area contributed by atoms with Crippen LogP contribution in [0.3, 0.4) is 0 Å². The average Bonchev–Trinajstić information content (AvgIpc) is 3.76. The minimum absolute atomic E-state index is 1.07. The van der Waals surface area contributed by atoms with Gasteiger partial charge in [-0.25, -0.2) is 0 Å². The molecule has 0 fully saturated rings. The monoisotopic (exact) mass is 866 g/mol. The second kappa shape index (κ2) is 17.8. The van der Waals surface area contributed by atoms with Gasteiger partial charge < -0.3 is 9.47 Å². The van der Waals surface area contributed by atoms with E-state index in [1.807, 2.05) is 0 Å². The molecule has 0 aliphatic rings. The van der Waals surface area contributed by atoms with Crippen molar-refractivity contribution in [3.8, 4) is 72.4 Å². The molecule has 0 saturated carbocycles. The Balaban J connectivity index is 1.02. The number of rotatable bonds is 10. The molecule has 0 N–H and O–H groups in total. The van der Waals surface area contributed by atoms with Crippen LogP contribution in [0.1, 0.15) is 0 Å². The summed E-state index contributed by atoms with van der Waals surface area (Å²) in [7, 11) is 0. The van der Waals surface area contributed by atoms with E-state index in [1.54, 1.807) is 0 Å². The van der Waals surface area contributed by atoms with Crippen molar-refractivity contribution >= 4 is 38.9 Å². The van der Waals surface area contributed by atoms with Crippen molar-refractivity contribution in [3.63, 3.8) is 0 Å². The van der Waals surface area contributed by atoms with E-state index in [0.29, 0.717) is 0 Å². The zero-order valence-corrected chi connectivity index (χ0v) is 37.5. The smallest absolute Gasteiger partial charge is 0.0547 e. The van der Waals surface area contributed by atoms with Gasteiger partial charge in [0.2, 0.25) is 0 Å². The molecular formula is C66H46N2. The van der Waals surface area contributed by atoms with Gasteiger partial charge in [-0.15, -0.1) is 0 Å². The summed E-state index contributed by atoms with van der Waals surface area (Å²) in [5, 5.41) is 2.50. The summed E-state index contributed by atoms with van der Waals surface area (Å²) in [6, 6.07) is 101. The Morgan fingerprint density at radius 2 is 0.662 bits per heavy atom. The fourth-order valence-electron chi connectivity index (χ4n) is 9.96. The van der Waals surface area contributed by atoms with E-state index in [1.165, 1.54) is 83.0 Å². The molecule has 2 heteroatoms. The molecule has 2 nitrogen and oxygen atoms in total. The lowest BCUT2D eigenvalue weighted by Gasteiger charge is -2.30. The predicted octanol–water partition coefficient (Wildman–Crippen LogP) is 18.3. The molecule has 0 radical (unpaired) electrons. The molecular weight excluding hydrogens is 821 g/mol. The molecule has 0 aliphatic heterocycles. The lowest BCUT2D eigenvalue weighted by atomic mass is 9.87. The summed E-state index contributed by atoms with van der Waals surface area (Å²) < 4.78 is 2.39. The SMILES string of the molecule is c1ccc(-c2ccc(-c3ccc(N(c4ccc(-c5ccc6c7ccccc7n(-c7ccccc7)c6c5)cc4)c4cccc(-c5ccccc5)c4-c4ccccc4-c4ccccc4)cc3)cc2)cc1. The predicted molar refractivity (Wildman–Crippen MR) is 288 cm³/mol. The normalized spacial score (nSPS) is 11.2. The summed E-state index contributed by atoms with van der Waals surface area (Å²) in [5.41, 5.74) is 20.9. The second-order valence-electron chi connectivity index (χ2n) is 17.3. The van der Waals surface area contributed by atoms with Crippen molar-refractivity contribution in [1.82, 2.24) is 4.57 Å². The molecule has 12 rings (SSSR count). The quantitative estimate of drug-likeness (QED) is 0.133. The van der Waals surface area contributed by atoms with Crippen molar-refractivity contribution < 1.29 is 0 Å². The lowest BCUT2D eigenvalue weighted by Crippen LogP contribution is -2.12. The number of hydrogen-bond acceptors (Lipinski definition) is 1. The molecule has 0 amide bonds. The summed E-state index contributed by atoms with van der Waals surface area (Å²) in [6.07, 6.45) is 0. The zero-order chi connectivity index (χ0) is 45.2. The van der Waals surface area contributed by atoms with Gasteiger partial charge in [-0.05, 0) is 116 Å². The molecule has 11 aromatic carbocycles. The number of hydrogen-bond donors (Lipinski definition) is 0. The molecule has 1 heterocycles. The van der Waals surface area contributed by atoms with E-state index >= 15 is 0 Å².